The van der Waals surface area contributed by atoms with Gasteiger partial charge in [-0.1, -0.05) is 6.07 Å². The quantitative estimate of drug-likeness (QED) is 0.832. The SMILES string of the molecule is Cc1ccc(NC(C)CCCC(F)(F)F)c2cccnc12. The predicted molar refractivity (Wildman–Crippen MR) is 79.5 cm³/mol. The fourth-order valence-corrected chi connectivity index (χ4v) is 2.39. The molecule has 21 heavy (non-hydrogen) atoms. The van der Waals surface area contributed by atoms with E-state index in [0.717, 1.165) is 22.2 Å². The maximum absolute atomic E-state index is 12.2. The van der Waals surface area contributed by atoms with Crippen LogP contribution >= 0.6 is 0 Å². The molecule has 1 aromatic carbocycles. The predicted octanol–water partition coefficient (Wildman–Crippen LogP) is 5.08. The molecule has 1 aromatic heterocycles. The first-order valence-electron chi connectivity index (χ1n) is 7.04. The van der Waals surface area contributed by atoms with Gasteiger partial charge in [-0.15, -0.1) is 0 Å². The van der Waals surface area contributed by atoms with E-state index in [0.29, 0.717) is 6.42 Å². The number of nitrogens with zero attached hydrogens (tertiary/aromatic N) is 1. The normalized spacial score (nSPS) is 13.4. The molecule has 0 aliphatic rings. The third-order valence-electron chi connectivity index (χ3n) is 3.47. The van der Waals surface area contributed by atoms with Gasteiger partial charge < -0.3 is 5.32 Å². The summed E-state index contributed by atoms with van der Waals surface area (Å²) in [4.78, 5) is 4.35. The highest BCUT2D eigenvalue weighted by molar-refractivity contribution is 5.93. The van der Waals surface area contributed by atoms with Gasteiger partial charge in [-0.05, 0) is 50.5 Å². The van der Waals surface area contributed by atoms with Crippen molar-refractivity contribution in [1.82, 2.24) is 4.98 Å². The number of rotatable bonds is 5. The largest absolute Gasteiger partial charge is 0.389 e. The molecule has 0 saturated heterocycles. The number of hydrogen-bond donors (Lipinski definition) is 1. The summed E-state index contributed by atoms with van der Waals surface area (Å²) in [6, 6.07) is 7.75. The Kier molecular flexibility index (Phi) is 4.70. The summed E-state index contributed by atoms with van der Waals surface area (Å²) in [5, 5.41) is 4.29. The van der Waals surface area contributed by atoms with Crippen LogP contribution in [0.15, 0.2) is 30.5 Å². The molecule has 0 saturated carbocycles. The molecule has 1 N–H and O–H groups in total. The van der Waals surface area contributed by atoms with Crippen LogP contribution in [0, 0.1) is 6.92 Å². The summed E-state index contributed by atoms with van der Waals surface area (Å²) >= 11 is 0. The van der Waals surface area contributed by atoms with E-state index in [4.69, 9.17) is 0 Å². The van der Waals surface area contributed by atoms with Gasteiger partial charge in [-0.3, -0.25) is 4.98 Å². The second-order valence-electron chi connectivity index (χ2n) is 5.38. The summed E-state index contributed by atoms with van der Waals surface area (Å²) in [6.45, 7) is 3.89. The van der Waals surface area contributed by atoms with Crippen molar-refractivity contribution in [3.63, 3.8) is 0 Å². The Hall–Kier alpha value is -1.78. The molecular weight excluding hydrogens is 277 g/mol. The average molecular weight is 296 g/mol. The molecule has 0 spiro atoms. The molecule has 0 aliphatic carbocycles. The minimum atomic E-state index is -4.07. The van der Waals surface area contributed by atoms with Crippen LogP contribution < -0.4 is 5.32 Å². The molecule has 2 nitrogen and oxygen atoms in total. The molecule has 0 aliphatic heterocycles. The molecule has 0 amide bonds. The molecule has 0 radical (unpaired) electrons. The topological polar surface area (TPSA) is 24.9 Å². The molecule has 1 heterocycles. The van der Waals surface area contributed by atoms with E-state index in [1.165, 1.54) is 0 Å². The van der Waals surface area contributed by atoms with Gasteiger partial charge in [-0.2, -0.15) is 13.2 Å². The fourth-order valence-electron chi connectivity index (χ4n) is 2.39. The first-order valence-corrected chi connectivity index (χ1v) is 7.04. The van der Waals surface area contributed by atoms with Crippen molar-refractivity contribution < 1.29 is 13.2 Å². The van der Waals surface area contributed by atoms with Gasteiger partial charge in [0.1, 0.15) is 0 Å². The molecule has 2 aromatic rings. The lowest BCUT2D eigenvalue weighted by Gasteiger charge is -2.17. The molecule has 114 valence electrons. The molecule has 2 rings (SSSR count). The Labute approximate surface area is 122 Å². The van der Waals surface area contributed by atoms with Gasteiger partial charge in [0.25, 0.3) is 0 Å². The number of pyridine rings is 1. The van der Waals surface area contributed by atoms with Crippen molar-refractivity contribution in [2.75, 3.05) is 5.32 Å². The summed E-state index contributed by atoms with van der Waals surface area (Å²) in [5.41, 5.74) is 2.93. The molecular formula is C16H19F3N2. The van der Waals surface area contributed by atoms with E-state index in [1.54, 1.807) is 6.20 Å². The fraction of sp³-hybridized carbons (Fsp3) is 0.438. The number of hydrogen-bond acceptors (Lipinski definition) is 2. The Balaban J connectivity index is 2.04. The van der Waals surface area contributed by atoms with Crippen molar-refractivity contribution in [1.29, 1.82) is 0 Å². The summed E-state index contributed by atoms with van der Waals surface area (Å²) < 4.78 is 36.5. The smallest absolute Gasteiger partial charge is 0.382 e. The highest BCUT2D eigenvalue weighted by Gasteiger charge is 2.26. The van der Waals surface area contributed by atoms with E-state index in [2.05, 4.69) is 10.3 Å². The van der Waals surface area contributed by atoms with Crippen LogP contribution in [0.1, 0.15) is 31.7 Å². The van der Waals surface area contributed by atoms with E-state index >= 15 is 0 Å². The Morgan fingerprint density at radius 2 is 2.00 bits per heavy atom. The number of halogens is 3. The van der Waals surface area contributed by atoms with Crippen molar-refractivity contribution in [3.05, 3.63) is 36.0 Å². The van der Waals surface area contributed by atoms with E-state index in [9.17, 15) is 13.2 Å². The molecule has 0 fully saturated rings. The number of aromatic nitrogens is 1. The Bertz CT molecular complexity index is 608. The maximum atomic E-state index is 12.2. The molecule has 1 atom stereocenters. The van der Waals surface area contributed by atoms with E-state index in [-0.39, 0.29) is 12.5 Å². The minimum Gasteiger partial charge on any atom is -0.382 e. The standard InChI is InChI=1S/C16H19F3N2/c1-11-7-8-14(13-6-4-10-20-15(11)13)21-12(2)5-3-9-16(17,18)19/h4,6-8,10,12,21H,3,5,9H2,1-2H3. The van der Waals surface area contributed by atoms with Gasteiger partial charge in [0, 0.05) is 29.7 Å². The first kappa shape index (κ1) is 15.6. The Morgan fingerprint density at radius 3 is 2.71 bits per heavy atom. The third kappa shape index (κ3) is 4.34. The number of benzene rings is 1. The lowest BCUT2D eigenvalue weighted by Crippen LogP contribution is -2.17. The van der Waals surface area contributed by atoms with Gasteiger partial charge in [0.2, 0.25) is 0 Å². The van der Waals surface area contributed by atoms with Crippen molar-refractivity contribution in [3.8, 4) is 0 Å². The van der Waals surface area contributed by atoms with Crippen molar-refractivity contribution in [2.24, 2.45) is 0 Å². The number of fused-ring (bicyclic) bond motifs is 1. The average Bonchev–Trinajstić information content (AvgIpc) is 2.41. The third-order valence-corrected chi connectivity index (χ3v) is 3.47. The molecule has 0 bridgehead atoms. The number of aryl methyl sites for hydroxylation is 1. The lowest BCUT2D eigenvalue weighted by atomic mass is 10.1. The van der Waals surface area contributed by atoms with Gasteiger partial charge in [0.05, 0.1) is 5.52 Å². The van der Waals surface area contributed by atoms with Crippen LogP contribution in [-0.2, 0) is 0 Å². The van der Waals surface area contributed by atoms with Crippen LogP contribution in [0.25, 0.3) is 10.9 Å². The second-order valence-corrected chi connectivity index (χ2v) is 5.38. The summed E-state index contributed by atoms with van der Waals surface area (Å²) in [7, 11) is 0. The minimum absolute atomic E-state index is 0.0153. The van der Waals surface area contributed by atoms with Crippen LogP contribution in [0.5, 0.6) is 0 Å². The van der Waals surface area contributed by atoms with Crippen molar-refractivity contribution >= 4 is 16.6 Å². The zero-order valence-electron chi connectivity index (χ0n) is 12.2. The van der Waals surface area contributed by atoms with E-state index < -0.39 is 12.6 Å². The monoisotopic (exact) mass is 296 g/mol. The van der Waals surface area contributed by atoms with E-state index in [1.807, 2.05) is 38.1 Å². The maximum Gasteiger partial charge on any atom is 0.389 e. The second kappa shape index (κ2) is 6.33. The van der Waals surface area contributed by atoms with Gasteiger partial charge >= 0.3 is 6.18 Å². The van der Waals surface area contributed by atoms with Gasteiger partial charge in [0.15, 0.2) is 0 Å². The van der Waals surface area contributed by atoms with Crippen LogP contribution in [0.3, 0.4) is 0 Å². The van der Waals surface area contributed by atoms with Crippen LogP contribution in [-0.4, -0.2) is 17.2 Å². The van der Waals surface area contributed by atoms with Gasteiger partial charge in [-0.25, -0.2) is 0 Å². The first-order chi connectivity index (χ1) is 9.87. The zero-order valence-corrected chi connectivity index (χ0v) is 12.2. The summed E-state index contributed by atoms with van der Waals surface area (Å²) in [5.74, 6) is 0. The zero-order chi connectivity index (χ0) is 15.5. The number of nitrogens with one attached hydrogen (secondary N) is 1. The molecule has 5 heteroatoms. The molecule has 1 unspecified atom stereocenters. The highest BCUT2D eigenvalue weighted by Crippen LogP contribution is 2.27. The number of alkyl halides is 3. The summed E-state index contributed by atoms with van der Waals surface area (Å²) in [6.07, 6.45) is -2.43. The number of anilines is 1. The van der Waals surface area contributed by atoms with Crippen LogP contribution in [0.4, 0.5) is 18.9 Å². The lowest BCUT2D eigenvalue weighted by molar-refractivity contribution is -0.135. The van der Waals surface area contributed by atoms with Crippen molar-refractivity contribution in [2.45, 2.75) is 45.3 Å². The Morgan fingerprint density at radius 1 is 1.24 bits per heavy atom. The highest BCUT2D eigenvalue weighted by atomic mass is 19.4. The van der Waals surface area contributed by atoms with Crippen LogP contribution in [0.2, 0.25) is 0 Å².